The fourth-order valence-electron chi connectivity index (χ4n) is 4.08. The number of amides is 2. The minimum Gasteiger partial charge on any atom is -0.497 e. The van der Waals surface area contributed by atoms with Crippen molar-refractivity contribution in [2.75, 3.05) is 34.3 Å². The maximum Gasteiger partial charge on any atom is 0.254 e. The third-order valence-corrected chi connectivity index (χ3v) is 5.85. The molecule has 0 bridgehead atoms. The standard InChI is InChI=1S/C25H27N3O3/c1-27(2)25(30)21-15-23(26-22-7-5-4-6-20(21)22)18-12-13-28(16-18)24(29)14-17-8-10-19(31-3)11-9-17/h4-11,15,18H,12-14,16H2,1-3H3/t18-/m1/s1. The van der Waals surface area contributed by atoms with E-state index in [1.807, 2.05) is 59.5 Å². The number of likely N-dealkylation sites (tertiary alicyclic amines) is 1. The van der Waals surface area contributed by atoms with E-state index >= 15 is 0 Å². The zero-order chi connectivity index (χ0) is 22.0. The highest BCUT2D eigenvalue weighted by Crippen LogP contribution is 2.30. The molecule has 2 heterocycles. The number of carbonyl (C=O) groups excluding carboxylic acids is 2. The summed E-state index contributed by atoms with van der Waals surface area (Å²) in [5.74, 6) is 0.976. The van der Waals surface area contributed by atoms with Crippen LogP contribution in [0.4, 0.5) is 0 Å². The molecular formula is C25H27N3O3. The average Bonchev–Trinajstić information content (AvgIpc) is 3.29. The number of aromatic nitrogens is 1. The minimum atomic E-state index is -0.0368. The molecule has 1 aliphatic heterocycles. The molecule has 0 spiro atoms. The number of hydrogen-bond donors (Lipinski definition) is 0. The second-order valence-electron chi connectivity index (χ2n) is 8.16. The van der Waals surface area contributed by atoms with Gasteiger partial charge in [0.15, 0.2) is 0 Å². The summed E-state index contributed by atoms with van der Waals surface area (Å²) in [4.78, 5) is 33.9. The Bertz CT molecular complexity index is 1110. The Morgan fingerprint density at radius 1 is 1.13 bits per heavy atom. The van der Waals surface area contributed by atoms with Crippen molar-refractivity contribution in [1.82, 2.24) is 14.8 Å². The lowest BCUT2D eigenvalue weighted by Gasteiger charge is -2.18. The number of pyridine rings is 1. The first kappa shape index (κ1) is 20.8. The van der Waals surface area contributed by atoms with Gasteiger partial charge in [0.2, 0.25) is 5.91 Å². The molecule has 2 amide bonds. The molecule has 4 rings (SSSR count). The van der Waals surface area contributed by atoms with Crippen molar-refractivity contribution in [2.24, 2.45) is 0 Å². The highest BCUT2D eigenvalue weighted by atomic mass is 16.5. The quantitative estimate of drug-likeness (QED) is 0.637. The van der Waals surface area contributed by atoms with Crippen molar-refractivity contribution in [3.63, 3.8) is 0 Å². The van der Waals surface area contributed by atoms with Crippen LogP contribution in [0.15, 0.2) is 54.6 Å². The van der Waals surface area contributed by atoms with E-state index < -0.39 is 0 Å². The number of benzene rings is 2. The van der Waals surface area contributed by atoms with Crippen molar-refractivity contribution in [3.05, 3.63) is 71.4 Å². The summed E-state index contributed by atoms with van der Waals surface area (Å²) in [6, 6.07) is 17.2. The van der Waals surface area contributed by atoms with Crippen molar-refractivity contribution in [2.45, 2.75) is 18.8 Å². The van der Waals surface area contributed by atoms with Gasteiger partial charge in [-0.2, -0.15) is 0 Å². The number of ether oxygens (including phenoxy) is 1. The fraction of sp³-hybridized carbons (Fsp3) is 0.320. The average molecular weight is 418 g/mol. The van der Waals surface area contributed by atoms with E-state index in [-0.39, 0.29) is 17.7 Å². The lowest BCUT2D eigenvalue weighted by atomic mass is 9.99. The highest BCUT2D eigenvalue weighted by Gasteiger charge is 2.29. The van der Waals surface area contributed by atoms with Gasteiger partial charge in [-0.15, -0.1) is 0 Å². The smallest absolute Gasteiger partial charge is 0.254 e. The zero-order valence-electron chi connectivity index (χ0n) is 18.2. The maximum absolute atomic E-state index is 12.8. The van der Waals surface area contributed by atoms with Crippen LogP contribution in [-0.2, 0) is 11.2 Å². The molecule has 0 unspecified atom stereocenters. The predicted molar refractivity (Wildman–Crippen MR) is 120 cm³/mol. The number of fused-ring (bicyclic) bond motifs is 1. The molecule has 31 heavy (non-hydrogen) atoms. The SMILES string of the molecule is COc1ccc(CC(=O)N2CC[C@@H](c3cc(C(=O)N(C)C)c4ccccc4n3)C2)cc1. The molecule has 0 aliphatic carbocycles. The topological polar surface area (TPSA) is 62.7 Å². The number of carbonyl (C=O) groups is 2. The van der Waals surface area contributed by atoms with Crippen LogP contribution in [0.2, 0.25) is 0 Å². The van der Waals surface area contributed by atoms with Crippen molar-refractivity contribution in [1.29, 1.82) is 0 Å². The monoisotopic (exact) mass is 417 g/mol. The first-order valence-corrected chi connectivity index (χ1v) is 10.5. The van der Waals surface area contributed by atoms with Crippen LogP contribution in [-0.4, -0.2) is 60.9 Å². The molecule has 0 N–H and O–H groups in total. The second kappa shape index (κ2) is 8.76. The van der Waals surface area contributed by atoms with Crippen LogP contribution in [0.25, 0.3) is 10.9 Å². The summed E-state index contributed by atoms with van der Waals surface area (Å²) in [6.45, 7) is 1.32. The van der Waals surface area contributed by atoms with Crippen LogP contribution < -0.4 is 4.74 Å². The largest absolute Gasteiger partial charge is 0.497 e. The van der Waals surface area contributed by atoms with E-state index in [4.69, 9.17) is 9.72 Å². The second-order valence-corrected chi connectivity index (χ2v) is 8.16. The number of nitrogens with zero attached hydrogens (tertiary/aromatic N) is 3. The Hall–Kier alpha value is -3.41. The summed E-state index contributed by atoms with van der Waals surface area (Å²) < 4.78 is 5.18. The van der Waals surface area contributed by atoms with E-state index in [0.717, 1.165) is 34.3 Å². The third-order valence-electron chi connectivity index (χ3n) is 5.85. The zero-order valence-corrected chi connectivity index (χ0v) is 18.2. The molecule has 1 aromatic heterocycles. The van der Waals surface area contributed by atoms with Gasteiger partial charge in [-0.25, -0.2) is 0 Å². The Labute approximate surface area is 182 Å². The van der Waals surface area contributed by atoms with E-state index in [1.54, 1.807) is 26.1 Å². The molecule has 0 radical (unpaired) electrons. The van der Waals surface area contributed by atoms with Crippen LogP contribution >= 0.6 is 0 Å². The van der Waals surface area contributed by atoms with Gasteiger partial charge in [-0.3, -0.25) is 14.6 Å². The summed E-state index contributed by atoms with van der Waals surface area (Å²) in [6.07, 6.45) is 1.21. The Kier molecular flexibility index (Phi) is 5.89. The fourth-order valence-corrected chi connectivity index (χ4v) is 4.08. The Balaban J connectivity index is 1.53. The van der Waals surface area contributed by atoms with Gasteiger partial charge in [-0.1, -0.05) is 30.3 Å². The van der Waals surface area contributed by atoms with Crippen molar-refractivity contribution < 1.29 is 14.3 Å². The number of methoxy groups -OCH3 is 1. The van der Waals surface area contributed by atoms with Crippen LogP contribution in [0.1, 0.15) is 34.0 Å². The van der Waals surface area contributed by atoms with E-state index in [1.165, 1.54) is 0 Å². The molecule has 1 aliphatic rings. The number of para-hydroxylation sites is 1. The lowest BCUT2D eigenvalue weighted by molar-refractivity contribution is -0.129. The van der Waals surface area contributed by atoms with Gasteiger partial charge in [0, 0.05) is 44.2 Å². The third kappa shape index (κ3) is 4.38. The normalized spacial score (nSPS) is 15.8. The Morgan fingerprint density at radius 3 is 2.58 bits per heavy atom. The molecule has 2 aromatic carbocycles. The molecule has 1 fully saturated rings. The van der Waals surface area contributed by atoms with E-state index in [9.17, 15) is 9.59 Å². The van der Waals surface area contributed by atoms with Crippen LogP contribution in [0, 0.1) is 0 Å². The molecule has 0 saturated carbocycles. The molecule has 6 heteroatoms. The van der Waals surface area contributed by atoms with Gasteiger partial charge in [0.1, 0.15) is 5.75 Å². The van der Waals surface area contributed by atoms with Gasteiger partial charge < -0.3 is 14.5 Å². The van der Waals surface area contributed by atoms with Crippen molar-refractivity contribution in [3.8, 4) is 5.75 Å². The summed E-state index contributed by atoms with van der Waals surface area (Å²) in [5.41, 5.74) is 3.32. The molecule has 160 valence electrons. The summed E-state index contributed by atoms with van der Waals surface area (Å²) in [7, 11) is 5.14. The van der Waals surface area contributed by atoms with Crippen molar-refractivity contribution >= 4 is 22.7 Å². The molecule has 6 nitrogen and oxygen atoms in total. The van der Waals surface area contributed by atoms with Gasteiger partial charge in [-0.05, 0) is 36.2 Å². The molecular weight excluding hydrogens is 390 g/mol. The number of rotatable bonds is 5. The predicted octanol–water partition coefficient (Wildman–Crippen LogP) is 3.50. The molecule has 3 aromatic rings. The first-order chi connectivity index (χ1) is 15.0. The lowest BCUT2D eigenvalue weighted by Crippen LogP contribution is -2.30. The number of hydrogen-bond acceptors (Lipinski definition) is 4. The van der Waals surface area contributed by atoms with Crippen LogP contribution in [0.5, 0.6) is 5.75 Å². The van der Waals surface area contributed by atoms with E-state index in [2.05, 4.69) is 0 Å². The highest BCUT2D eigenvalue weighted by molar-refractivity contribution is 6.06. The van der Waals surface area contributed by atoms with E-state index in [0.29, 0.717) is 25.1 Å². The van der Waals surface area contributed by atoms with Gasteiger partial charge in [0.05, 0.1) is 24.6 Å². The van der Waals surface area contributed by atoms with Gasteiger partial charge in [0.25, 0.3) is 5.91 Å². The van der Waals surface area contributed by atoms with Gasteiger partial charge >= 0.3 is 0 Å². The molecule has 1 saturated heterocycles. The van der Waals surface area contributed by atoms with Crippen LogP contribution in [0.3, 0.4) is 0 Å². The summed E-state index contributed by atoms with van der Waals surface area (Å²) in [5, 5.41) is 0.857. The minimum absolute atomic E-state index is 0.0368. The maximum atomic E-state index is 12.8. The Morgan fingerprint density at radius 2 is 1.87 bits per heavy atom. The molecule has 1 atom stereocenters. The first-order valence-electron chi connectivity index (χ1n) is 10.5. The summed E-state index contributed by atoms with van der Waals surface area (Å²) >= 11 is 0.